The molecule has 0 aliphatic heterocycles. The summed E-state index contributed by atoms with van der Waals surface area (Å²) in [6.45, 7) is 4.08. The highest BCUT2D eigenvalue weighted by Crippen LogP contribution is 2.32. The third-order valence-electron chi connectivity index (χ3n) is 3.77. The number of hydrogen-bond acceptors (Lipinski definition) is 4. The van der Waals surface area contributed by atoms with Crippen molar-refractivity contribution in [2.24, 2.45) is 0 Å². The summed E-state index contributed by atoms with van der Waals surface area (Å²) in [4.78, 5) is 0. The minimum absolute atomic E-state index is 0.206. The van der Waals surface area contributed by atoms with Crippen LogP contribution in [0.4, 0.5) is 0 Å². The Morgan fingerprint density at radius 3 is 2.26 bits per heavy atom. The zero-order chi connectivity index (χ0) is 16.8. The van der Waals surface area contributed by atoms with Crippen LogP contribution in [0.2, 0.25) is 0 Å². The summed E-state index contributed by atoms with van der Waals surface area (Å²) in [5, 5.41) is 10.0. The van der Waals surface area contributed by atoms with E-state index in [0.29, 0.717) is 17.7 Å². The van der Waals surface area contributed by atoms with E-state index < -0.39 is 0 Å². The normalized spacial score (nSPS) is 10.2. The Balaban J connectivity index is 2.13. The van der Waals surface area contributed by atoms with Gasteiger partial charge in [-0.3, -0.25) is 0 Å². The molecule has 2 aromatic rings. The molecule has 2 aromatic carbocycles. The van der Waals surface area contributed by atoms with E-state index >= 15 is 0 Å². The topological polar surface area (TPSA) is 47.9 Å². The largest absolute Gasteiger partial charge is 0.507 e. The first-order chi connectivity index (χ1) is 11.1. The number of aromatic hydroxyl groups is 1. The number of hydrogen-bond donors (Lipinski definition) is 1. The number of aryl methyl sites for hydroxylation is 1. The lowest BCUT2D eigenvalue weighted by atomic mass is 9.98. The Kier molecular flexibility index (Phi) is 5.52. The molecule has 0 fully saturated rings. The second kappa shape index (κ2) is 7.58. The predicted octanol–water partition coefficient (Wildman–Crippen LogP) is 4.06. The van der Waals surface area contributed by atoms with E-state index in [2.05, 4.69) is 6.58 Å². The predicted molar refractivity (Wildman–Crippen MR) is 91.6 cm³/mol. The van der Waals surface area contributed by atoms with Crippen molar-refractivity contribution in [1.82, 2.24) is 0 Å². The maximum Gasteiger partial charge on any atom is 0.125 e. The molecule has 0 radical (unpaired) electrons. The van der Waals surface area contributed by atoms with Crippen LogP contribution in [0.3, 0.4) is 0 Å². The lowest BCUT2D eigenvalue weighted by Crippen LogP contribution is -1.95. The summed E-state index contributed by atoms with van der Waals surface area (Å²) in [5.41, 5.74) is 2.62. The van der Waals surface area contributed by atoms with Crippen LogP contribution in [0.1, 0.15) is 17.5 Å². The summed E-state index contributed by atoms with van der Waals surface area (Å²) in [7, 11) is 4.87. The number of phenolic OH excluding ortho intramolecular Hbond substituents is 1. The molecule has 23 heavy (non-hydrogen) atoms. The maximum atomic E-state index is 10.0. The number of rotatable bonds is 7. The molecule has 0 heterocycles. The van der Waals surface area contributed by atoms with Gasteiger partial charge in [-0.1, -0.05) is 12.6 Å². The van der Waals surface area contributed by atoms with E-state index in [1.54, 1.807) is 39.5 Å². The summed E-state index contributed by atoms with van der Waals surface area (Å²) in [6.07, 6.45) is 1.45. The molecule has 0 bridgehead atoms. The first-order valence-electron chi connectivity index (χ1n) is 7.35. The number of methoxy groups -OCH3 is 3. The highest BCUT2D eigenvalue weighted by Gasteiger charge is 2.10. The van der Waals surface area contributed by atoms with E-state index in [9.17, 15) is 5.11 Å². The van der Waals surface area contributed by atoms with Gasteiger partial charge in [-0.2, -0.15) is 0 Å². The average molecular weight is 314 g/mol. The monoisotopic (exact) mass is 314 g/mol. The molecule has 0 saturated heterocycles. The SMILES string of the molecule is C=C(CCc1ccc(OC)cc1OC)c1cc(OC)ccc1O. The van der Waals surface area contributed by atoms with Gasteiger partial charge in [0.1, 0.15) is 23.0 Å². The molecular formula is C19H22O4. The summed E-state index contributed by atoms with van der Waals surface area (Å²) in [6, 6.07) is 10.9. The standard InChI is InChI=1S/C19H22O4/c1-13(17-11-15(21-2)9-10-18(17)20)5-6-14-7-8-16(22-3)12-19(14)23-4/h7-12,20H,1,5-6H2,2-4H3. The third kappa shape index (κ3) is 3.97. The molecule has 0 atom stereocenters. The van der Waals surface area contributed by atoms with Crippen molar-refractivity contribution in [3.63, 3.8) is 0 Å². The van der Waals surface area contributed by atoms with Crippen molar-refractivity contribution in [3.8, 4) is 23.0 Å². The van der Waals surface area contributed by atoms with Crippen LogP contribution in [0.25, 0.3) is 5.57 Å². The van der Waals surface area contributed by atoms with Crippen LogP contribution in [-0.2, 0) is 6.42 Å². The molecule has 4 nitrogen and oxygen atoms in total. The van der Waals surface area contributed by atoms with Crippen molar-refractivity contribution in [2.45, 2.75) is 12.8 Å². The van der Waals surface area contributed by atoms with E-state index in [0.717, 1.165) is 29.1 Å². The highest BCUT2D eigenvalue weighted by molar-refractivity contribution is 5.70. The van der Waals surface area contributed by atoms with Gasteiger partial charge in [0.25, 0.3) is 0 Å². The number of benzene rings is 2. The number of ether oxygens (including phenoxy) is 3. The summed E-state index contributed by atoms with van der Waals surface area (Å²) in [5.74, 6) is 2.44. The Morgan fingerprint density at radius 1 is 0.957 bits per heavy atom. The van der Waals surface area contributed by atoms with Crippen LogP contribution in [0.15, 0.2) is 43.0 Å². The van der Waals surface area contributed by atoms with Crippen LogP contribution < -0.4 is 14.2 Å². The fraction of sp³-hybridized carbons (Fsp3) is 0.263. The Bertz CT molecular complexity index is 692. The highest BCUT2D eigenvalue weighted by atomic mass is 16.5. The van der Waals surface area contributed by atoms with Crippen molar-refractivity contribution >= 4 is 5.57 Å². The van der Waals surface area contributed by atoms with Gasteiger partial charge in [-0.15, -0.1) is 0 Å². The van der Waals surface area contributed by atoms with Crippen molar-refractivity contribution in [1.29, 1.82) is 0 Å². The van der Waals surface area contributed by atoms with Crippen LogP contribution >= 0.6 is 0 Å². The number of phenols is 1. The van der Waals surface area contributed by atoms with Gasteiger partial charge in [0.15, 0.2) is 0 Å². The molecule has 4 heteroatoms. The zero-order valence-electron chi connectivity index (χ0n) is 13.8. The van der Waals surface area contributed by atoms with Crippen LogP contribution in [-0.4, -0.2) is 26.4 Å². The first-order valence-corrected chi connectivity index (χ1v) is 7.35. The molecule has 1 N–H and O–H groups in total. The summed E-state index contributed by atoms with van der Waals surface area (Å²) >= 11 is 0. The Hall–Kier alpha value is -2.62. The molecule has 0 aliphatic rings. The minimum atomic E-state index is 0.206. The number of allylic oxidation sites excluding steroid dienone is 1. The van der Waals surface area contributed by atoms with Crippen molar-refractivity contribution < 1.29 is 19.3 Å². The van der Waals surface area contributed by atoms with E-state index in [1.807, 2.05) is 18.2 Å². The quantitative estimate of drug-likeness (QED) is 0.837. The lowest BCUT2D eigenvalue weighted by molar-refractivity contribution is 0.391. The zero-order valence-corrected chi connectivity index (χ0v) is 13.8. The van der Waals surface area contributed by atoms with Gasteiger partial charge in [-0.25, -0.2) is 0 Å². The van der Waals surface area contributed by atoms with E-state index in [4.69, 9.17) is 14.2 Å². The maximum absolute atomic E-state index is 10.0. The second-order valence-corrected chi connectivity index (χ2v) is 5.16. The minimum Gasteiger partial charge on any atom is -0.507 e. The lowest BCUT2D eigenvalue weighted by Gasteiger charge is -2.13. The van der Waals surface area contributed by atoms with Crippen molar-refractivity contribution in [2.75, 3.05) is 21.3 Å². The van der Waals surface area contributed by atoms with Crippen molar-refractivity contribution in [3.05, 3.63) is 54.1 Å². The smallest absolute Gasteiger partial charge is 0.125 e. The Morgan fingerprint density at radius 2 is 1.61 bits per heavy atom. The van der Waals surface area contributed by atoms with E-state index in [-0.39, 0.29) is 5.75 Å². The second-order valence-electron chi connectivity index (χ2n) is 5.16. The fourth-order valence-electron chi connectivity index (χ4n) is 2.40. The van der Waals surface area contributed by atoms with Gasteiger partial charge in [0, 0.05) is 11.6 Å². The average Bonchev–Trinajstić information content (AvgIpc) is 2.59. The van der Waals surface area contributed by atoms with Crippen LogP contribution in [0.5, 0.6) is 23.0 Å². The molecule has 0 aliphatic carbocycles. The molecule has 122 valence electrons. The molecule has 0 unspecified atom stereocenters. The fourth-order valence-corrected chi connectivity index (χ4v) is 2.40. The molecule has 0 saturated carbocycles. The van der Waals surface area contributed by atoms with Gasteiger partial charge in [0.05, 0.1) is 21.3 Å². The third-order valence-corrected chi connectivity index (χ3v) is 3.77. The first kappa shape index (κ1) is 16.7. The van der Waals surface area contributed by atoms with Gasteiger partial charge in [-0.05, 0) is 48.2 Å². The van der Waals surface area contributed by atoms with Gasteiger partial charge in [0.2, 0.25) is 0 Å². The van der Waals surface area contributed by atoms with E-state index in [1.165, 1.54) is 0 Å². The molecular weight excluding hydrogens is 292 g/mol. The molecule has 0 amide bonds. The Labute approximate surface area is 136 Å². The molecule has 0 spiro atoms. The molecule has 2 rings (SSSR count). The van der Waals surface area contributed by atoms with Crippen LogP contribution in [0, 0.1) is 0 Å². The summed E-state index contributed by atoms with van der Waals surface area (Å²) < 4.78 is 15.8. The van der Waals surface area contributed by atoms with Gasteiger partial charge < -0.3 is 19.3 Å². The molecule has 0 aromatic heterocycles. The van der Waals surface area contributed by atoms with Gasteiger partial charge >= 0.3 is 0 Å².